The Hall–Kier alpha value is -8.69. The summed E-state index contributed by atoms with van der Waals surface area (Å²) in [7, 11) is 0. The van der Waals surface area contributed by atoms with Crippen molar-refractivity contribution in [3.05, 3.63) is 230 Å². The summed E-state index contributed by atoms with van der Waals surface area (Å²) in [6.45, 7) is 0. The number of alkyl halides is 3. The molecule has 0 atom stereocenters. The molecule has 0 saturated carbocycles. The highest BCUT2D eigenvalue weighted by molar-refractivity contribution is 6.13. The molecule has 0 N–H and O–H groups in total. The molecule has 0 unspecified atom stereocenters. The van der Waals surface area contributed by atoms with E-state index in [-0.39, 0.29) is 22.5 Å². The van der Waals surface area contributed by atoms with Gasteiger partial charge in [0.15, 0.2) is 0 Å². The third kappa shape index (κ3) is 6.81. The summed E-state index contributed by atoms with van der Waals surface area (Å²) in [5.41, 5.74) is 8.84. The third-order valence-corrected chi connectivity index (χ3v) is 12.7. The lowest BCUT2D eigenvalue weighted by Crippen LogP contribution is -2.11. The van der Waals surface area contributed by atoms with Crippen molar-refractivity contribution in [2.24, 2.45) is 0 Å². The molecule has 326 valence electrons. The molecule has 12 rings (SSSR count). The zero-order valence-corrected chi connectivity index (χ0v) is 35.9. The van der Waals surface area contributed by atoms with Crippen LogP contribution in [0.5, 0.6) is 0 Å². The van der Waals surface area contributed by atoms with E-state index in [2.05, 4.69) is 0 Å². The van der Waals surface area contributed by atoms with Crippen LogP contribution in [0.1, 0.15) is 5.56 Å². The summed E-state index contributed by atoms with van der Waals surface area (Å²) < 4.78 is 81.7. The van der Waals surface area contributed by atoms with E-state index in [0.29, 0.717) is 22.1 Å². The molecule has 0 aliphatic heterocycles. The second kappa shape index (κ2) is 16.0. The van der Waals surface area contributed by atoms with Crippen LogP contribution in [-0.2, 0) is 6.18 Å². The van der Waals surface area contributed by atoms with Crippen LogP contribution in [0.15, 0.2) is 213 Å². The number of para-hydroxylation sites is 2. The molecule has 0 fully saturated rings. The molecule has 4 aromatic heterocycles. The first-order valence-corrected chi connectivity index (χ1v) is 22.0. The number of aromatic nitrogens is 4. The Morgan fingerprint density at radius 3 is 1.24 bits per heavy atom. The molecule has 0 saturated heterocycles. The van der Waals surface area contributed by atoms with Gasteiger partial charge in [0.1, 0.15) is 11.6 Å². The smallest absolute Gasteiger partial charge is 0.309 e. The molecule has 12 aromatic rings. The average molecular weight is 895 g/mol. The van der Waals surface area contributed by atoms with E-state index in [1.165, 1.54) is 12.1 Å². The highest BCUT2D eigenvalue weighted by Crippen LogP contribution is 2.47. The van der Waals surface area contributed by atoms with Gasteiger partial charge in [-0.1, -0.05) is 121 Å². The van der Waals surface area contributed by atoms with Crippen LogP contribution in [-0.4, -0.2) is 19.1 Å². The maximum Gasteiger partial charge on any atom is 0.416 e. The number of pyridine rings is 2. The Labute approximate surface area is 386 Å². The fourth-order valence-electron chi connectivity index (χ4n) is 9.85. The second-order valence-corrected chi connectivity index (χ2v) is 16.7. The van der Waals surface area contributed by atoms with Crippen molar-refractivity contribution < 1.29 is 22.0 Å². The Kier molecular flexibility index (Phi) is 9.62. The Morgan fingerprint density at radius 2 is 0.779 bits per heavy atom. The van der Waals surface area contributed by atoms with E-state index in [1.54, 1.807) is 21.5 Å². The average Bonchev–Trinajstić information content (AvgIpc) is 3.88. The highest BCUT2D eigenvalue weighted by atomic mass is 19.4. The molecule has 0 aliphatic rings. The molecule has 0 amide bonds. The lowest BCUT2D eigenvalue weighted by molar-refractivity contribution is -0.137. The molecule has 0 spiro atoms. The number of halogens is 5. The molecule has 4 nitrogen and oxygen atoms in total. The minimum absolute atomic E-state index is 0.0667. The molecular weight excluding hydrogens is 860 g/mol. The van der Waals surface area contributed by atoms with E-state index in [0.717, 1.165) is 84.5 Å². The monoisotopic (exact) mass is 894 g/mol. The van der Waals surface area contributed by atoms with Gasteiger partial charge >= 0.3 is 6.18 Å². The van der Waals surface area contributed by atoms with Gasteiger partial charge in [-0.25, -0.2) is 8.78 Å². The van der Waals surface area contributed by atoms with Crippen LogP contribution in [0.25, 0.3) is 111 Å². The van der Waals surface area contributed by atoms with Gasteiger partial charge in [-0.2, -0.15) is 13.2 Å². The fourth-order valence-corrected chi connectivity index (χ4v) is 9.85. The number of hydrogen-bond acceptors (Lipinski definition) is 2. The zero-order chi connectivity index (χ0) is 46.1. The number of hydrogen-bond donors (Lipinski definition) is 0. The van der Waals surface area contributed by atoms with E-state index < -0.39 is 23.4 Å². The van der Waals surface area contributed by atoms with E-state index in [9.17, 15) is 0 Å². The SMILES string of the molecule is Fc1cc(F)cc(-c2c(-n3c4ccccc4c4cc(-c5cccnc5-c5ccccc5)ccc43)cc(C(F)(F)F)cc2-n2c3ccccc3c3cc(-c4cccnc4-c4ccccc4)ccc32)c1. The summed E-state index contributed by atoms with van der Waals surface area (Å²) in [6, 6.07) is 59.5. The minimum atomic E-state index is -4.82. The van der Waals surface area contributed by atoms with Crippen molar-refractivity contribution in [3.63, 3.8) is 0 Å². The van der Waals surface area contributed by atoms with Crippen LogP contribution in [0.2, 0.25) is 0 Å². The Bertz CT molecular complexity index is 3690. The van der Waals surface area contributed by atoms with Gasteiger partial charge in [-0.15, -0.1) is 0 Å². The molecule has 0 aliphatic carbocycles. The minimum Gasteiger partial charge on any atom is -0.309 e. The van der Waals surface area contributed by atoms with E-state index >= 15 is 22.0 Å². The summed E-state index contributed by atoms with van der Waals surface area (Å²) in [5, 5.41) is 3.09. The van der Waals surface area contributed by atoms with Gasteiger partial charge in [-0.3, -0.25) is 9.97 Å². The van der Waals surface area contributed by atoms with Crippen molar-refractivity contribution in [2.75, 3.05) is 0 Å². The van der Waals surface area contributed by atoms with Gasteiger partial charge in [0.2, 0.25) is 0 Å². The van der Waals surface area contributed by atoms with E-state index in [1.807, 2.05) is 170 Å². The quantitative estimate of drug-likeness (QED) is 0.149. The third-order valence-electron chi connectivity index (χ3n) is 12.7. The molecular formula is C59H35F5N4. The fraction of sp³-hybridized carbons (Fsp3) is 0.0169. The summed E-state index contributed by atoms with van der Waals surface area (Å²) in [4.78, 5) is 9.50. The lowest BCUT2D eigenvalue weighted by atomic mass is 9.96. The van der Waals surface area contributed by atoms with Crippen molar-refractivity contribution >= 4 is 43.6 Å². The van der Waals surface area contributed by atoms with Crippen LogP contribution in [0.3, 0.4) is 0 Å². The first kappa shape index (κ1) is 40.8. The summed E-state index contributed by atoms with van der Waals surface area (Å²) in [6.07, 6.45) is -1.33. The molecule has 68 heavy (non-hydrogen) atoms. The topological polar surface area (TPSA) is 35.6 Å². The van der Waals surface area contributed by atoms with E-state index in [4.69, 9.17) is 9.97 Å². The number of benzene rings is 8. The van der Waals surface area contributed by atoms with Crippen LogP contribution < -0.4 is 0 Å². The Balaban J connectivity index is 1.16. The predicted molar refractivity (Wildman–Crippen MR) is 263 cm³/mol. The normalized spacial score (nSPS) is 11.9. The van der Waals surface area contributed by atoms with Crippen molar-refractivity contribution in [1.82, 2.24) is 19.1 Å². The van der Waals surface area contributed by atoms with Gasteiger partial charge < -0.3 is 9.13 Å². The van der Waals surface area contributed by atoms with Crippen LogP contribution in [0.4, 0.5) is 22.0 Å². The zero-order valence-electron chi connectivity index (χ0n) is 35.9. The molecule has 4 heterocycles. The van der Waals surface area contributed by atoms with Gasteiger partial charge in [0.25, 0.3) is 0 Å². The van der Waals surface area contributed by atoms with Crippen molar-refractivity contribution in [3.8, 4) is 67.3 Å². The van der Waals surface area contributed by atoms with Crippen LogP contribution >= 0.6 is 0 Å². The predicted octanol–water partition coefficient (Wildman–Crippen LogP) is 16.3. The Morgan fingerprint density at radius 1 is 0.353 bits per heavy atom. The summed E-state index contributed by atoms with van der Waals surface area (Å²) in [5.74, 6) is -1.74. The molecule has 0 radical (unpaired) electrons. The van der Waals surface area contributed by atoms with Gasteiger partial charge in [0.05, 0.1) is 50.4 Å². The molecule has 0 bridgehead atoms. The number of nitrogens with zero attached hydrogens (tertiary/aromatic N) is 4. The number of rotatable bonds is 7. The van der Waals surface area contributed by atoms with Gasteiger partial charge in [0, 0.05) is 67.8 Å². The highest BCUT2D eigenvalue weighted by Gasteiger charge is 2.34. The first-order valence-electron chi connectivity index (χ1n) is 22.0. The maximum atomic E-state index is 15.6. The lowest BCUT2D eigenvalue weighted by Gasteiger charge is -2.23. The molecule has 9 heteroatoms. The second-order valence-electron chi connectivity index (χ2n) is 16.7. The standard InChI is InChI=1S/C59H35F5N4/c60-42-29-40(30-43(61)35-42)56-54(67-50-21-9-7-17-46(50)48-31-38(23-25-52(48)67)44-19-11-27-65-57(44)36-13-3-1-4-14-36)33-41(59(62,63)64)34-55(56)68-51-22-10-8-18-47(51)49-32-39(24-26-53(49)68)45-20-12-28-66-58(45)37-15-5-2-6-16-37/h1-35H. The van der Waals surface area contributed by atoms with Crippen LogP contribution in [0, 0.1) is 11.6 Å². The van der Waals surface area contributed by atoms with Crippen molar-refractivity contribution in [1.29, 1.82) is 0 Å². The summed E-state index contributed by atoms with van der Waals surface area (Å²) >= 11 is 0. The number of fused-ring (bicyclic) bond motifs is 6. The maximum absolute atomic E-state index is 15.6. The molecule has 8 aromatic carbocycles. The first-order chi connectivity index (χ1) is 33.2. The van der Waals surface area contributed by atoms with Gasteiger partial charge in [-0.05, 0) is 89.5 Å². The largest absolute Gasteiger partial charge is 0.416 e. The van der Waals surface area contributed by atoms with Crippen molar-refractivity contribution in [2.45, 2.75) is 6.18 Å².